The van der Waals surface area contributed by atoms with Gasteiger partial charge in [-0.25, -0.2) is 0 Å². The molecule has 0 aromatic heterocycles. The lowest BCUT2D eigenvalue weighted by Crippen LogP contribution is -2.45. The highest BCUT2D eigenvalue weighted by Gasteiger charge is 2.34. The largest absolute Gasteiger partial charge is 0.379 e. The summed E-state index contributed by atoms with van der Waals surface area (Å²) in [5, 5.41) is 6.30. The van der Waals surface area contributed by atoms with Crippen molar-refractivity contribution in [1.29, 1.82) is 0 Å². The second-order valence-corrected chi connectivity index (χ2v) is 5.16. The molecule has 4 atom stereocenters. The minimum absolute atomic E-state index is 0.0130. The lowest BCUT2D eigenvalue weighted by molar-refractivity contribution is -0.126. The molecular weight excluding hydrogens is 204 g/mol. The number of ether oxygens (including phenoxy) is 1. The van der Waals surface area contributed by atoms with Gasteiger partial charge in [-0.2, -0.15) is 0 Å². The van der Waals surface area contributed by atoms with Crippen molar-refractivity contribution in [2.24, 2.45) is 11.8 Å². The van der Waals surface area contributed by atoms with Crippen LogP contribution < -0.4 is 10.6 Å². The van der Waals surface area contributed by atoms with Crippen molar-refractivity contribution in [2.75, 3.05) is 20.3 Å². The zero-order valence-corrected chi connectivity index (χ0v) is 10.2. The highest BCUT2D eigenvalue weighted by atomic mass is 16.5. The molecule has 4 heteroatoms. The molecule has 0 spiro atoms. The monoisotopic (exact) mass is 226 g/mol. The first-order valence-electron chi connectivity index (χ1n) is 6.26. The van der Waals surface area contributed by atoms with Crippen LogP contribution in [0.5, 0.6) is 0 Å². The number of carbonyl (C=O) groups excluding carboxylic acids is 1. The van der Waals surface area contributed by atoms with Crippen LogP contribution in [0.3, 0.4) is 0 Å². The third kappa shape index (κ3) is 2.55. The fourth-order valence-electron chi connectivity index (χ4n) is 2.74. The Morgan fingerprint density at radius 3 is 2.75 bits per heavy atom. The van der Waals surface area contributed by atoms with E-state index in [0.29, 0.717) is 19.3 Å². The molecule has 16 heavy (non-hydrogen) atoms. The molecular formula is C12H22N2O2. The maximum Gasteiger partial charge on any atom is 0.227 e. The maximum atomic E-state index is 12.0. The SMILES string of the molecule is CNC1COCC1C(=O)NC1CCC(C)C1. The van der Waals surface area contributed by atoms with Gasteiger partial charge in [0.1, 0.15) is 0 Å². The molecule has 2 rings (SSSR count). The molecule has 1 saturated heterocycles. The van der Waals surface area contributed by atoms with Gasteiger partial charge in [0.2, 0.25) is 5.91 Å². The average Bonchev–Trinajstić information content (AvgIpc) is 2.86. The van der Waals surface area contributed by atoms with E-state index in [-0.39, 0.29) is 17.9 Å². The Kier molecular flexibility index (Phi) is 3.82. The van der Waals surface area contributed by atoms with Crippen LogP contribution in [0.25, 0.3) is 0 Å². The Labute approximate surface area is 97.1 Å². The lowest BCUT2D eigenvalue weighted by atomic mass is 10.0. The van der Waals surface area contributed by atoms with Gasteiger partial charge in [-0.1, -0.05) is 6.92 Å². The number of carbonyl (C=O) groups is 1. The Hall–Kier alpha value is -0.610. The van der Waals surface area contributed by atoms with Crippen molar-refractivity contribution in [3.63, 3.8) is 0 Å². The smallest absolute Gasteiger partial charge is 0.227 e. The first-order valence-corrected chi connectivity index (χ1v) is 6.26. The van der Waals surface area contributed by atoms with Crippen LogP contribution in [0.15, 0.2) is 0 Å². The molecule has 0 aromatic rings. The molecule has 1 aliphatic carbocycles. The zero-order chi connectivity index (χ0) is 11.5. The number of nitrogens with one attached hydrogen (secondary N) is 2. The van der Waals surface area contributed by atoms with E-state index in [4.69, 9.17) is 4.74 Å². The van der Waals surface area contributed by atoms with E-state index in [1.165, 1.54) is 6.42 Å². The van der Waals surface area contributed by atoms with Gasteiger partial charge in [-0.15, -0.1) is 0 Å². The van der Waals surface area contributed by atoms with Crippen molar-refractivity contribution < 1.29 is 9.53 Å². The molecule has 2 N–H and O–H groups in total. The van der Waals surface area contributed by atoms with E-state index in [2.05, 4.69) is 17.6 Å². The molecule has 1 amide bonds. The van der Waals surface area contributed by atoms with Crippen LogP contribution in [-0.4, -0.2) is 38.3 Å². The van der Waals surface area contributed by atoms with Crippen LogP contribution >= 0.6 is 0 Å². The highest BCUT2D eigenvalue weighted by Crippen LogP contribution is 2.25. The summed E-state index contributed by atoms with van der Waals surface area (Å²) in [6, 6.07) is 0.569. The summed E-state index contributed by atoms with van der Waals surface area (Å²) >= 11 is 0. The van der Waals surface area contributed by atoms with Gasteiger partial charge in [-0.3, -0.25) is 4.79 Å². The van der Waals surface area contributed by atoms with Crippen LogP contribution in [-0.2, 0) is 9.53 Å². The Bertz CT molecular complexity index is 257. The second kappa shape index (κ2) is 5.15. The van der Waals surface area contributed by atoms with Gasteiger partial charge in [0, 0.05) is 12.1 Å². The molecule has 1 heterocycles. The number of hydrogen-bond donors (Lipinski definition) is 2. The van der Waals surface area contributed by atoms with E-state index >= 15 is 0 Å². The molecule has 0 bridgehead atoms. The van der Waals surface area contributed by atoms with E-state index in [9.17, 15) is 4.79 Å². The number of likely N-dealkylation sites (N-methyl/N-ethyl adjacent to an activating group) is 1. The predicted octanol–water partition coefficient (Wildman–Crippen LogP) is 0.526. The third-order valence-corrected chi connectivity index (χ3v) is 3.83. The first kappa shape index (κ1) is 11.9. The maximum absolute atomic E-state index is 12.0. The summed E-state index contributed by atoms with van der Waals surface area (Å²) in [6.07, 6.45) is 3.50. The average molecular weight is 226 g/mol. The van der Waals surface area contributed by atoms with E-state index in [1.807, 2.05) is 7.05 Å². The minimum Gasteiger partial charge on any atom is -0.379 e. The molecule has 92 valence electrons. The number of hydrogen-bond acceptors (Lipinski definition) is 3. The Morgan fingerprint density at radius 1 is 1.31 bits per heavy atom. The first-order chi connectivity index (χ1) is 7.70. The van der Waals surface area contributed by atoms with Crippen LogP contribution in [0.1, 0.15) is 26.2 Å². The summed E-state index contributed by atoms with van der Waals surface area (Å²) < 4.78 is 5.34. The van der Waals surface area contributed by atoms with Gasteiger partial charge in [0.25, 0.3) is 0 Å². The summed E-state index contributed by atoms with van der Waals surface area (Å²) in [4.78, 5) is 12.0. The van der Waals surface area contributed by atoms with Gasteiger partial charge < -0.3 is 15.4 Å². The summed E-state index contributed by atoms with van der Waals surface area (Å²) in [5.74, 6) is 0.905. The molecule has 4 unspecified atom stereocenters. The fourth-order valence-corrected chi connectivity index (χ4v) is 2.74. The fraction of sp³-hybridized carbons (Fsp3) is 0.917. The quantitative estimate of drug-likeness (QED) is 0.738. The van der Waals surface area contributed by atoms with Gasteiger partial charge in [-0.05, 0) is 32.2 Å². The van der Waals surface area contributed by atoms with E-state index in [1.54, 1.807) is 0 Å². The molecule has 0 aromatic carbocycles. The topological polar surface area (TPSA) is 50.4 Å². The highest BCUT2D eigenvalue weighted by molar-refractivity contribution is 5.80. The Morgan fingerprint density at radius 2 is 2.12 bits per heavy atom. The van der Waals surface area contributed by atoms with Crippen molar-refractivity contribution in [2.45, 2.75) is 38.3 Å². The number of amides is 1. The molecule has 2 aliphatic rings. The molecule has 2 fully saturated rings. The standard InChI is InChI=1S/C12H22N2O2/c1-8-3-4-9(5-8)14-12(15)10-6-16-7-11(10)13-2/h8-11,13H,3-7H2,1-2H3,(H,14,15). The van der Waals surface area contributed by atoms with Crippen LogP contribution in [0.2, 0.25) is 0 Å². The van der Waals surface area contributed by atoms with Crippen molar-refractivity contribution in [3.8, 4) is 0 Å². The minimum atomic E-state index is -0.0130. The van der Waals surface area contributed by atoms with Crippen molar-refractivity contribution >= 4 is 5.91 Å². The Balaban J connectivity index is 1.83. The zero-order valence-electron chi connectivity index (χ0n) is 10.2. The van der Waals surface area contributed by atoms with Crippen LogP contribution in [0, 0.1) is 11.8 Å². The van der Waals surface area contributed by atoms with Crippen molar-refractivity contribution in [3.05, 3.63) is 0 Å². The number of rotatable bonds is 3. The summed E-state index contributed by atoms with van der Waals surface area (Å²) in [5.41, 5.74) is 0. The van der Waals surface area contributed by atoms with Crippen molar-refractivity contribution in [1.82, 2.24) is 10.6 Å². The third-order valence-electron chi connectivity index (χ3n) is 3.83. The molecule has 1 aliphatic heterocycles. The second-order valence-electron chi connectivity index (χ2n) is 5.16. The normalized spacial score (nSPS) is 38.9. The van der Waals surface area contributed by atoms with E-state index < -0.39 is 0 Å². The van der Waals surface area contributed by atoms with Crippen LogP contribution in [0.4, 0.5) is 0 Å². The predicted molar refractivity (Wildman–Crippen MR) is 62.1 cm³/mol. The molecule has 0 radical (unpaired) electrons. The van der Waals surface area contributed by atoms with Gasteiger partial charge >= 0.3 is 0 Å². The molecule has 4 nitrogen and oxygen atoms in total. The lowest BCUT2D eigenvalue weighted by Gasteiger charge is -2.19. The summed E-state index contributed by atoms with van der Waals surface area (Å²) in [6.45, 7) is 3.45. The van der Waals surface area contributed by atoms with E-state index in [0.717, 1.165) is 18.8 Å². The summed E-state index contributed by atoms with van der Waals surface area (Å²) in [7, 11) is 1.89. The van der Waals surface area contributed by atoms with Gasteiger partial charge in [0.05, 0.1) is 19.1 Å². The van der Waals surface area contributed by atoms with Gasteiger partial charge in [0.15, 0.2) is 0 Å². The molecule has 1 saturated carbocycles.